The van der Waals surface area contributed by atoms with Crippen LogP contribution in [0.15, 0.2) is 18.2 Å². The van der Waals surface area contributed by atoms with Gasteiger partial charge in [0, 0.05) is 13.0 Å². The van der Waals surface area contributed by atoms with Gasteiger partial charge < -0.3 is 9.84 Å². The monoisotopic (exact) mass is 264 g/mol. The molecule has 0 saturated carbocycles. The van der Waals surface area contributed by atoms with Gasteiger partial charge in [-0.25, -0.2) is 4.39 Å². The Balaban J connectivity index is 2.38. The molecule has 1 aliphatic heterocycles. The van der Waals surface area contributed by atoms with Crippen LogP contribution in [0.2, 0.25) is 0 Å². The second-order valence-corrected chi connectivity index (χ2v) is 4.27. The SMILES string of the molecule is OC1CCOC(c2cc(F)ccc2C(F)(F)F)C1. The molecule has 1 fully saturated rings. The Morgan fingerprint density at radius 1 is 1.28 bits per heavy atom. The van der Waals surface area contributed by atoms with E-state index in [2.05, 4.69) is 0 Å². The number of hydrogen-bond donors (Lipinski definition) is 1. The molecule has 2 nitrogen and oxygen atoms in total. The maximum atomic E-state index is 13.1. The molecule has 1 aliphatic rings. The first-order valence-electron chi connectivity index (χ1n) is 5.54. The summed E-state index contributed by atoms with van der Waals surface area (Å²) in [6.07, 6.45) is -5.76. The molecule has 0 amide bonds. The van der Waals surface area contributed by atoms with E-state index in [1.54, 1.807) is 0 Å². The molecular weight excluding hydrogens is 252 g/mol. The van der Waals surface area contributed by atoms with E-state index in [0.29, 0.717) is 12.5 Å². The van der Waals surface area contributed by atoms with Gasteiger partial charge in [-0.2, -0.15) is 13.2 Å². The molecule has 0 radical (unpaired) electrons. The lowest BCUT2D eigenvalue weighted by Gasteiger charge is -2.28. The predicted octanol–water partition coefficient (Wildman–Crippen LogP) is 3.06. The van der Waals surface area contributed by atoms with Crippen LogP contribution in [-0.4, -0.2) is 17.8 Å². The summed E-state index contributed by atoms with van der Waals surface area (Å²) in [6.45, 7) is 0.166. The van der Waals surface area contributed by atoms with Crippen molar-refractivity contribution in [1.29, 1.82) is 0 Å². The van der Waals surface area contributed by atoms with E-state index >= 15 is 0 Å². The van der Waals surface area contributed by atoms with Crippen LogP contribution >= 0.6 is 0 Å². The van der Waals surface area contributed by atoms with Crippen LogP contribution in [0.3, 0.4) is 0 Å². The van der Waals surface area contributed by atoms with Gasteiger partial charge in [-0.15, -0.1) is 0 Å². The molecule has 1 aromatic rings. The van der Waals surface area contributed by atoms with Gasteiger partial charge in [0.1, 0.15) is 5.82 Å². The van der Waals surface area contributed by atoms with Gasteiger partial charge in [-0.05, 0) is 30.2 Å². The van der Waals surface area contributed by atoms with E-state index in [4.69, 9.17) is 4.74 Å². The fourth-order valence-electron chi connectivity index (χ4n) is 2.05. The largest absolute Gasteiger partial charge is 0.416 e. The lowest BCUT2D eigenvalue weighted by Crippen LogP contribution is -2.25. The first kappa shape index (κ1) is 13.3. The normalized spacial score (nSPS) is 25.2. The molecule has 0 aliphatic carbocycles. The van der Waals surface area contributed by atoms with E-state index < -0.39 is 29.8 Å². The van der Waals surface area contributed by atoms with Gasteiger partial charge in [0.05, 0.1) is 17.8 Å². The summed E-state index contributed by atoms with van der Waals surface area (Å²) >= 11 is 0. The average Bonchev–Trinajstić information content (AvgIpc) is 2.27. The molecule has 0 spiro atoms. The van der Waals surface area contributed by atoms with Gasteiger partial charge in [0.25, 0.3) is 0 Å². The van der Waals surface area contributed by atoms with Crippen molar-refractivity contribution in [3.63, 3.8) is 0 Å². The zero-order valence-corrected chi connectivity index (χ0v) is 9.38. The number of hydrogen-bond acceptors (Lipinski definition) is 2. The van der Waals surface area contributed by atoms with Gasteiger partial charge in [0.15, 0.2) is 0 Å². The van der Waals surface area contributed by atoms with Gasteiger partial charge >= 0.3 is 6.18 Å². The lowest BCUT2D eigenvalue weighted by atomic mass is 9.95. The summed E-state index contributed by atoms with van der Waals surface area (Å²) in [5.74, 6) is -0.748. The Labute approximate surface area is 101 Å². The molecule has 1 aromatic carbocycles. The number of alkyl halides is 3. The zero-order valence-electron chi connectivity index (χ0n) is 9.38. The fraction of sp³-hybridized carbons (Fsp3) is 0.500. The molecule has 1 N–H and O–H groups in total. The standard InChI is InChI=1S/C12H12F4O2/c13-7-1-2-10(12(14,15)16)9(5-7)11-6-8(17)3-4-18-11/h1-2,5,8,11,17H,3-4,6H2. The first-order chi connectivity index (χ1) is 8.38. The molecule has 1 heterocycles. The fourth-order valence-corrected chi connectivity index (χ4v) is 2.05. The predicted molar refractivity (Wildman–Crippen MR) is 55.3 cm³/mol. The number of benzene rings is 1. The van der Waals surface area contributed by atoms with E-state index in [1.807, 2.05) is 0 Å². The quantitative estimate of drug-likeness (QED) is 0.790. The highest BCUT2D eigenvalue weighted by Crippen LogP contribution is 2.38. The molecule has 2 rings (SSSR count). The second kappa shape index (κ2) is 4.85. The summed E-state index contributed by atoms with van der Waals surface area (Å²) in [4.78, 5) is 0. The van der Waals surface area contributed by atoms with Crippen LogP contribution in [0.1, 0.15) is 30.1 Å². The second-order valence-electron chi connectivity index (χ2n) is 4.27. The smallest absolute Gasteiger partial charge is 0.393 e. The Morgan fingerprint density at radius 3 is 2.61 bits per heavy atom. The van der Waals surface area contributed by atoms with E-state index in [9.17, 15) is 22.7 Å². The molecule has 0 bridgehead atoms. The highest BCUT2D eigenvalue weighted by atomic mass is 19.4. The van der Waals surface area contributed by atoms with Crippen LogP contribution in [0.5, 0.6) is 0 Å². The highest BCUT2D eigenvalue weighted by molar-refractivity contribution is 5.32. The average molecular weight is 264 g/mol. The van der Waals surface area contributed by atoms with E-state index in [1.165, 1.54) is 0 Å². The minimum atomic E-state index is -4.56. The number of aliphatic hydroxyl groups is 1. The number of halogens is 4. The van der Waals surface area contributed by atoms with Crippen molar-refractivity contribution in [3.05, 3.63) is 35.1 Å². The van der Waals surface area contributed by atoms with Crippen molar-refractivity contribution < 1.29 is 27.4 Å². The minimum Gasteiger partial charge on any atom is -0.393 e. The highest BCUT2D eigenvalue weighted by Gasteiger charge is 2.37. The van der Waals surface area contributed by atoms with Crippen LogP contribution < -0.4 is 0 Å². The van der Waals surface area contributed by atoms with Gasteiger partial charge in [-0.1, -0.05) is 0 Å². The molecule has 6 heteroatoms. The summed E-state index contributed by atoms with van der Waals surface area (Å²) in [6, 6.07) is 2.30. The summed E-state index contributed by atoms with van der Waals surface area (Å²) in [5, 5.41) is 9.45. The third-order valence-corrected chi connectivity index (χ3v) is 2.92. The number of ether oxygens (including phenoxy) is 1. The van der Waals surface area contributed by atoms with Crippen LogP contribution in [0.4, 0.5) is 17.6 Å². The topological polar surface area (TPSA) is 29.5 Å². The number of rotatable bonds is 1. The van der Waals surface area contributed by atoms with Crippen molar-refractivity contribution in [2.45, 2.75) is 31.2 Å². The Kier molecular flexibility index (Phi) is 3.59. The third kappa shape index (κ3) is 2.81. The number of aliphatic hydroxyl groups excluding tert-OH is 1. The summed E-state index contributed by atoms with van der Waals surface area (Å²) < 4.78 is 56.7. The van der Waals surface area contributed by atoms with Crippen molar-refractivity contribution in [1.82, 2.24) is 0 Å². The first-order valence-corrected chi connectivity index (χ1v) is 5.54. The Morgan fingerprint density at radius 2 is 2.00 bits per heavy atom. The molecule has 2 atom stereocenters. The summed E-state index contributed by atoms with van der Waals surface area (Å²) in [5.41, 5.74) is -1.16. The van der Waals surface area contributed by atoms with Gasteiger partial charge in [0.2, 0.25) is 0 Å². The molecule has 2 unspecified atom stereocenters. The van der Waals surface area contributed by atoms with Crippen molar-refractivity contribution in [2.75, 3.05) is 6.61 Å². The molecular formula is C12H12F4O2. The maximum absolute atomic E-state index is 13.1. The van der Waals surface area contributed by atoms with Crippen molar-refractivity contribution in [2.24, 2.45) is 0 Å². The zero-order chi connectivity index (χ0) is 13.3. The maximum Gasteiger partial charge on any atom is 0.416 e. The lowest BCUT2D eigenvalue weighted by molar-refractivity contribution is -0.140. The van der Waals surface area contributed by atoms with Crippen LogP contribution in [0.25, 0.3) is 0 Å². The third-order valence-electron chi connectivity index (χ3n) is 2.92. The van der Waals surface area contributed by atoms with Gasteiger partial charge in [-0.3, -0.25) is 0 Å². The van der Waals surface area contributed by atoms with E-state index in [-0.39, 0.29) is 18.6 Å². The van der Waals surface area contributed by atoms with Crippen molar-refractivity contribution in [3.8, 4) is 0 Å². The molecule has 100 valence electrons. The summed E-state index contributed by atoms with van der Waals surface area (Å²) in [7, 11) is 0. The van der Waals surface area contributed by atoms with E-state index in [0.717, 1.165) is 12.1 Å². The molecule has 0 aromatic heterocycles. The van der Waals surface area contributed by atoms with Crippen LogP contribution in [0, 0.1) is 5.82 Å². The van der Waals surface area contributed by atoms with Crippen LogP contribution in [-0.2, 0) is 10.9 Å². The Bertz CT molecular complexity index is 431. The van der Waals surface area contributed by atoms with Crippen molar-refractivity contribution >= 4 is 0 Å². The Hall–Kier alpha value is -1.14. The minimum absolute atomic E-state index is 0.0481. The molecule has 1 saturated heterocycles. The molecule has 18 heavy (non-hydrogen) atoms.